The Morgan fingerprint density at radius 1 is 1.40 bits per heavy atom. The lowest BCUT2D eigenvalue weighted by Gasteiger charge is -2.27. The van der Waals surface area contributed by atoms with Crippen molar-refractivity contribution in [3.63, 3.8) is 0 Å². The van der Waals surface area contributed by atoms with Gasteiger partial charge in [-0.1, -0.05) is 0 Å². The summed E-state index contributed by atoms with van der Waals surface area (Å²) >= 11 is 0. The van der Waals surface area contributed by atoms with Crippen LogP contribution in [0.1, 0.15) is 30.9 Å². The first-order valence-corrected chi connectivity index (χ1v) is 7.08. The van der Waals surface area contributed by atoms with Gasteiger partial charge in [-0.3, -0.25) is 9.59 Å². The van der Waals surface area contributed by atoms with E-state index in [4.69, 9.17) is 0 Å². The Labute approximate surface area is 117 Å². The van der Waals surface area contributed by atoms with Crippen molar-refractivity contribution in [2.75, 3.05) is 13.6 Å². The van der Waals surface area contributed by atoms with Gasteiger partial charge in [0.05, 0.1) is 6.54 Å². The van der Waals surface area contributed by atoms with Gasteiger partial charge in [0.1, 0.15) is 5.82 Å². The van der Waals surface area contributed by atoms with E-state index in [1.54, 1.807) is 11.9 Å². The summed E-state index contributed by atoms with van der Waals surface area (Å²) < 4.78 is 2.07. The smallest absolute Gasteiger partial charge is 0.224 e. The van der Waals surface area contributed by atoms with Gasteiger partial charge in [-0.25, -0.2) is 0 Å². The van der Waals surface area contributed by atoms with Crippen molar-refractivity contribution in [2.24, 2.45) is 5.92 Å². The first-order valence-electron chi connectivity index (χ1n) is 7.08. The summed E-state index contributed by atoms with van der Waals surface area (Å²) in [7, 11) is 1.77. The molecular weight excluding hydrogens is 258 g/mol. The molecule has 3 rings (SSSR count). The molecule has 1 aromatic heterocycles. The zero-order valence-electron chi connectivity index (χ0n) is 11.6. The van der Waals surface area contributed by atoms with E-state index < -0.39 is 0 Å². The van der Waals surface area contributed by atoms with E-state index in [0.29, 0.717) is 19.5 Å². The largest absolute Gasteiger partial charge is 0.349 e. The second-order valence-corrected chi connectivity index (χ2v) is 5.51. The van der Waals surface area contributed by atoms with E-state index >= 15 is 0 Å². The van der Waals surface area contributed by atoms with E-state index in [1.807, 2.05) is 0 Å². The number of piperidine rings is 1. The number of aryl methyl sites for hydroxylation is 1. The maximum Gasteiger partial charge on any atom is 0.224 e. The average molecular weight is 277 g/mol. The Hall–Kier alpha value is -1.92. The fraction of sp³-hybridized carbons (Fsp3) is 0.692. The minimum Gasteiger partial charge on any atom is -0.349 e. The molecule has 1 aromatic rings. The highest BCUT2D eigenvalue weighted by molar-refractivity contribution is 5.86. The normalized spacial score (nSPS) is 21.9. The predicted octanol–water partition coefficient (Wildman–Crippen LogP) is -0.291. The van der Waals surface area contributed by atoms with Gasteiger partial charge in [-0.15, -0.1) is 10.2 Å². The summed E-state index contributed by atoms with van der Waals surface area (Å²) in [5.41, 5.74) is 0. The maximum atomic E-state index is 12.1. The molecule has 0 aliphatic carbocycles. The van der Waals surface area contributed by atoms with Crippen molar-refractivity contribution in [3.05, 3.63) is 11.6 Å². The molecule has 20 heavy (non-hydrogen) atoms. The molecule has 2 amide bonds. The number of hydrogen-bond donors (Lipinski definition) is 1. The van der Waals surface area contributed by atoms with E-state index in [9.17, 15) is 9.59 Å². The number of likely N-dealkylation sites (tertiary alicyclic amines) is 1. The van der Waals surface area contributed by atoms with Crippen molar-refractivity contribution >= 4 is 11.8 Å². The van der Waals surface area contributed by atoms with Crippen LogP contribution in [0.25, 0.3) is 0 Å². The van der Waals surface area contributed by atoms with Crippen LogP contribution in [-0.4, -0.2) is 45.1 Å². The standard InChI is InChI=1S/C13H19N5O2/c1-17-6-4-9(7-12(17)19)13(20)14-8-11-16-15-10-3-2-5-18(10)11/h9H,2-8H2,1H3,(H,14,20). The lowest BCUT2D eigenvalue weighted by Crippen LogP contribution is -2.42. The summed E-state index contributed by atoms with van der Waals surface area (Å²) in [6.07, 6.45) is 3.09. The molecule has 0 bridgehead atoms. The molecule has 2 aliphatic heterocycles. The van der Waals surface area contributed by atoms with Crippen LogP contribution in [0.3, 0.4) is 0 Å². The third kappa shape index (κ3) is 2.39. The summed E-state index contributed by atoms with van der Waals surface area (Å²) in [4.78, 5) is 25.4. The van der Waals surface area contributed by atoms with Crippen LogP contribution in [0.15, 0.2) is 0 Å². The Bertz CT molecular complexity index is 539. The van der Waals surface area contributed by atoms with Gasteiger partial charge in [0.15, 0.2) is 5.82 Å². The first-order chi connectivity index (χ1) is 9.65. The van der Waals surface area contributed by atoms with Crippen LogP contribution in [0, 0.1) is 5.92 Å². The molecule has 0 radical (unpaired) electrons. The van der Waals surface area contributed by atoms with E-state index in [1.165, 1.54) is 0 Å². The predicted molar refractivity (Wildman–Crippen MR) is 70.6 cm³/mol. The van der Waals surface area contributed by atoms with Crippen molar-refractivity contribution in [3.8, 4) is 0 Å². The number of hydrogen-bond acceptors (Lipinski definition) is 4. The number of aromatic nitrogens is 3. The van der Waals surface area contributed by atoms with E-state index in [0.717, 1.165) is 37.5 Å². The lowest BCUT2D eigenvalue weighted by atomic mass is 9.96. The molecule has 0 saturated carbocycles. The fourth-order valence-corrected chi connectivity index (χ4v) is 2.82. The quantitative estimate of drug-likeness (QED) is 0.823. The highest BCUT2D eigenvalue weighted by Gasteiger charge is 2.28. The molecular formula is C13H19N5O2. The van der Waals surface area contributed by atoms with Gasteiger partial charge in [-0.05, 0) is 12.8 Å². The van der Waals surface area contributed by atoms with Gasteiger partial charge in [-0.2, -0.15) is 0 Å². The lowest BCUT2D eigenvalue weighted by molar-refractivity contribution is -0.139. The van der Waals surface area contributed by atoms with Gasteiger partial charge in [0.25, 0.3) is 0 Å². The highest BCUT2D eigenvalue weighted by Crippen LogP contribution is 2.18. The van der Waals surface area contributed by atoms with Crippen LogP contribution < -0.4 is 5.32 Å². The fourth-order valence-electron chi connectivity index (χ4n) is 2.82. The monoisotopic (exact) mass is 277 g/mol. The molecule has 3 heterocycles. The molecule has 108 valence electrons. The van der Waals surface area contributed by atoms with Crippen LogP contribution >= 0.6 is 0 Å². The number of carbonyl (C=O) groups excluding carboxylic acids is 2. The molecule has 7 nitrogen and oxygen atoms in total. The zero-order chi connectivity index (χ0) is 14.1. The van der Waals surface area contributed by atoms with Crippen molar-refractivity contribution in [1.82, 2.24) is 25.0 Å². The van der Waals surface area contributed by atoms with Crippen molar-refractivity contribution in [1.29, 1.82) is 0 Å². The maximum absolute atomic E-state index is 12.1. The van der Waals surface area contributed by atoms with Crippen molar-refractivity contribution < 1.29 is 9.59 Å². The van der Waals surface area contributed by atoms with Gasteiger partial charge in [0, 0.05) is 38.9 Å². The van der Waals surface area contributed by atoms with Crippen LogP contribution in [0.2, 0.25) is 0 Å². The third-order valence-electron chi connectivity index (χ3n) is 4.14. The number of carbonyl (C=O) groups is 2. The van der Waals surface area contributed by atoms with Gasteiger partial charge >= 0.3 is 0 Å². The Balaban J connectivity index is 1.55. The second-order valence-electron chi connectivity index (χ2n) is 5.51. The number of nitrogens with one attached hydrogen (secondary N) is 1. The number of rotatable bonds is 3. The van der Waals surface area contributed by atoms with Crippen LogP contribution in [-0.2, 0) is 29.1 Å². The zero-order valence-corrected chi connectivity index (χ0v) is 11.6. The van der Waals surface area contributed by atoms with E-state index in [-0.39, 0.29) is 17.7 Å². The molecule has 0 aromatic carbocycles. The number of amides is 2. The summed E-state index contributed by atoms with van der Waals surface area (Å²) in [6, 6.07) is 0. The van der Waals surface area contributed by atoms with Crippen LogP contribution in [0.4, 0.5) is 0 Å². The molecule has 1 fully saturated rings. The molecule has 2 aliphatic rings. The Kier molecular flexibility index (Phi) is 3.42. The Morgan fingerprint density at radius 2 is 2.25 bits per heavy atom. The molecule has 0 spiro atoms. The molecule has 7 heteroatoms. The topological polar surface area (TPSA) is 80.1 Å². The minimum atomic E-state index is -0.209. The molecule has 1 atom stereocenters. The SMILES string of the molecule is CN1CCC(C(=O)NCc2nnc3n2CCC3)CC1=O. The first kappa shape index (κ1) is 13.1. The number of fused-ring (bicyclic) bond motifs is 1. The highest BCUT2D eigenvalue weighted by atomic mass is 16.2. The Morgan fingerprint density at radius 3 is 3.05 bits per heavy atom. The third-order valence-corrected chi connectivity index (χ3v) is 4.14. The molecule has 1 N–H and O–H groups in total. The summed E-state index contributed by atoms with van der Waals surface area (Å²) in [6.45, 7) is 1.98. The number of nitrogens with zero attached hydrogens (tertiary/aromatic N) is 4. The average Bonchev–Trinajstić information content (AvgIpc) is 3.02. The minimum absolute atomic E-state index is 0.0415. The van der Waals surface area contributed by atoms with Gasteiger partial charge in [0.2, 0.25) is 11.8 Å². The van der Waals surface area contributed by atoms with E-state index in [2.05, 4.69) is 20.1 Å². The molecule has 1 saturated heterocycles. The van der Waals surface area contributed by atoms with Gasteiger partial charge < -0.3 is 14.8 Å². The van der Waals surface area contributed by atoms with Crippen LogP contribution in [0.5, 0.6) is 0 Å². The summed E-state index contributed by atoms with van der Waals surface area (Å²) in [5.74, 6) is 1.59. The molecule has 1 unspecified atom stereocenters. The van der Waals surface area contributed by atoms with Crippen molar-refractivity contribution in [2.45, 2.75) is 38.8 Å². The second kappa shape index (κ2) is 5.22. The summed E-state index contributed by atoms with van der Waals surface area (Å²) in [5, 5.41) is 11.1.